The van der Waals surface area contributed by atoms with Gasteiger partial charge in [-0.2, -0.15) is 0 Å². The number of benzene rings is 1. The predicted molar refractivity (Wildman–Crippen MR) is 73.6 cm³/mol. The van der Waals surface area contributed by atoms with E-state index in [1.807, 2.05) is 0 Å². The molecular weight excluding hydrogens is 242 g/mol. The highest BCUT2D eigenvalue weighted by molar-refractivity contribution is 5.98. The van der Waals surface area contributed by atoms with Crippen LogP contribution in [0.15, 0.2) is 18.2 Å². The summed E-state index contributed by atoms with van der Waals surface area (Å²) in [6.07, 6.45) is 3.46. The van der Waals surface area contributed by atoms with Crippen LogP contribution in [0.3, 0.4) is 0 Å². The number of piperidine rings is 1. The zero-order valence-electron chi connectivity index (χ0n) is 11.5. The molecule has 2 rings (SSSR count). The van der Waals surface area contributed by atoms with Crippen molar-refractivity contribution >= 4 is 5.78 Å². The van der Waals surface area contributed by atoms with Crippen molar-refractivity contribution < 1.29 is 15.0 Å². The van der Waals surface area contributed by atoms with Crippen molar-refractivity contribution in [3.05, 3.63) is 23.8 Å². The van der Waals surface area contributed by atoms with Crippen molar-refractivity contribution in [2.75, 3.05) is 6.54 Å². The monoisotopic (exact) mass is 263 g/mol. The molecule has 0 amide bonds. The Balaban J connectivity index is 2.09. The number of likely N-dealkylation sites (tertiary alicyclic amines) is 1. The Hall–Kier alpha value is -1.55. The first-order chi connectivity index (χ1) is 8.99. The zero-order valence-corrected chi connectivity index (χ0v) is 11.5. The summed E-state index contributed by atoms with van der Waals surface area (Å²) in [6.45, 7) is 4.67. The van der Waals surface area contributed by atoms with Gasteiger partial charge in [0.05, 0.1) is 6.54 Å². The standard InChI is InChI=1S/C15H21NO3/c1-10-4-3-5-11(2)16(10)9-15(19)12-6-7-13(17)14(18)8-12/h6-8,10-11,17-18H,3-5,9H2,1-2H3. The molecule has 1 aliphatic rings. The molecule has 0 saturated carbocycles. The van der Waals surface area contributed by atoms with E-state index in [0.717, 1.165) is 12.8 Å². The number of phenolic OH excluding ortho intramolecular Hbond substituents is 2. The quantitative estimate of drug-likeness (QED) is 0.650. The molecule has 2 N–H and O–H groups in total. The third kappa shape index (κ3) is 3.07. The Morgan fingerprint density at radius 3 is 2.42 bits per heavy atom. The number of hydrogen-bond donors (Lipinski definition) is 2. The number of ketones is 1. The number of hydrogen-bond acceptors (Lipinski definition) is 4. The van der Waals surface area contributed by atoms with Gasteiger partial charge in [0, 0.05) is 17.6 Å². The van der Waals surface area contributed by atoms with Gasteiger partial charge < -0.3 is 10.2 Å². The van der Waals surface area contributed by atoms with Gasteiger partial charge in [0.2, 0.25) is 0 Å². The second-order valence-corrected chi connectivity index (χ2v) is 5.43. The molecule has 0 aliphatic carbocycles. The summed E-state index contributed by atoms with van der Waals surface area (Å²) in [7, 11) is 0. The fourth-order valence-corrected chi connectivity index (χ4v) is 2.74. The average Bonchev–Trinajstić information content (AvgIpc) is 2.37. The van der Waals surface area contributed by atoms with Crippen LogP contribution in [0.2, 0.25) is 0 Å². The topological polar surface area (TPSA) is 60.8 Å². The molecule has 1 aromatic rings. The number of carbonyl (C=O) groups is 1. The maximum atomic E-state index is 12.2. The number of carbonyl (C=O) groups excluding carboxylic acids is 1. The largest absolute Gasteiger partial charge is 0.504 e. The first-order valence-corrected chi connectivity index (χ1v) is 6.80. The summed E-state index contributed by atoms with van der Waals surface area (Å²) in [5, 5.41) is 18.7. The van der Waals surface area contributed by atoms with Gasteiger partial charge in [-0.15, -0.1) is 0 Å². The van der Waals surface area contributed by atoms with E-state index >= 15 is 0 Å². The van der Waals surface area contributed by atoms with E-state index in [0.29, 0.717) is 24.2 Å². The van der Waals surface area contributed by atoms with Gasteiger partial charge in [0.1, 0.15) is 0 Å². The number of aromatic hydroxyl groups is 2. The smallest absolute Gasteiger partial charge is 0.176 e. The van der Waals surface area contributed by atoms with Crippen LogP contribution >= 0.6 is 0 Å². The minimum absolute atomic E-state index is 0.0177. The van der Waals surface area contributed by atoms with Crippen molar-refractivity contribution in [2.45, 2.75) is 45.2 Å². The molecule has 104 valence electrons. The van der Waals surface area contributed by atoms with Gasteiger partial charge in [-0.05, 0) is 44.9 Å². The summed E-state index contributed by atoms with van der Waals surface area (Å²) in [5.41, 5.74) is 0.445. The van der Waals surface area contributed by atoms with Crippen LogP contribution in [0.25, 0.3) is 0 Å². The molecule has 4 heteroatoms. The second-order valence-electron chi connectivity index (χ2n) is 5.43. The highest BCUT2D eigenvalue weighted by atomic mass is 16.3. The lowest BCUT2D eigenvalue weighted by atomic mass is 9.96. The molecule has 1 aliphatic heterocycles. The Labute approximate surface area is 113 Å². The molecule has 4 nitrogen and oxygen atoms in total. The van der Waals surface area contributed by atoms with Crippen LogP contribution in [0.1, 0.15) is 43.5 Å². The van der Waals surface area contributed by atoms with Crippen LogP contribution in [0.4, 0.5) is 0 Å². The minimum Gasteiger partial charge on any atom is -0.504 e. The maximum Gasteiger partial charge on any atom is 0.176 e. The highest BCUT2D eigenvalue weighted by Gasteiger charge is 2.26. The van der Waals surface area contributed by atoms with Crippen LogP contribution < -0.4 is 0 Å². The molecule has 2 atom stereocenters. The van der Waals surface area contributed by atoms with Crippen molar-refractivity contribution in [3.8, 4) is 11.5 Å². The molecule has 1 heterocycles. The van der Waals surface area contributed by atoms with Gasteiger partial charge in [-0.25, -0.2) is 0 Å². The molecule has 1 aromatic carbocycles. The third-order valence-electron chi connectivity index (χ3n) is 4.00. The second kappa shape index (κ2) is 5.61. The van der Waals surface area contributed by atoms with E-state index in [1.54, 1.807) is 6.07 Å². The first kappa shape index (κ1) is 13.9. The summed E-state index contributed by atoms with van der Waals surface area (Å²) < 4.78 is 0. The van der Waals surface area contributed by atoms with Crippen molar-refractivity contribution in [3.63, 3.8) is 0 Å². The Morgan fingerprint density at radius 2 is 1.84 bits per heavy atom. The van der Waals surface area contributed by atoms with E-state index in [1.165, 1.54) is 18.6 Å². The van der Waals surface area contributed by atoms with Gasteiger partial charge in [-0.1, -0.05) is 6.42 Å². The van der Waals surface area contributed by atoms with Crippen molar-refractivity contribution in [1.29, 1.82) is 0 Å². The fourth-order valence-electron chi connectivity index (χ4n) is 2.74. The van der Waals surface area contributed by atoms with E-state index in [4.69, 9.17) is 0 Å². The minimum atomic E-state index is -0.245. The summed E-state index contributed by atoms with van der Waals surface area (Å²) >= 11 is 0. The average molecular weight is 263 g/mol. The Kier molecular flexibility index (Phi) is 4.10. The number of rotatable bonds is 3. The zero-order chi connectivity index (χ0) is 14.0. The lowest BCUT2D eigenvalue weighted by Gasteiger charge is -2.38. The number of nitrogens with zero attached hydrogens (tertiary/aromatic N) is 1. The van der Waals surface area contributed by atoms with Crippen molar-refractivity contribution in [1.82, 2.24) is 4.90 Å². The predicted octanol–water partition coefficient (Wildman–Crippen LogP) is 2.54. The fraction of sp³-hybridized carbons (Fsp3) is 0.533. The first-order valence-electron chi connectivity index (χ1n) is 6.80. The summed E-state index contributed by atoms with van der Waals surface area (Å²) in [5.74, 6) is -0.460. The molecule has 2 unspecified atom stereocenters. The lowest BCUT2D eigenvalue weighted by Crippen LogP contribution is -2.46. The summed E-state index contributed by atoms with van der Waals surface area (Å²) in [6, 6.07) is 5.07. The van der Waals surface area contributed by atoms with Crippen LogP contribution in [0.5, 0.6) is 11.5 Å². The summed E-state index contributed by atoms with van der Waals surface area (Å²) in [4.78, 5) is 14.5. The normalized spacial score (nSPS) is 24.3. The third-order valence-corrected chi connectivity index (χ3v) is 4.00. The molecule has 19 heavy (non-hydrogen) atoms. The van der Waals surface area contributed by atoms with E-state index < -0.39 is 0 Å². The Morgan fingerprint density at radius 1 is 1.21 bits per heavy atom. The van der Waals surface area contributed by atoms with E-state index in [9.17, 15) is 15.0 Å². The molecule has 0 aromatic heterocycles. The number of Topliss-reactive ketones (excluding diaryl/α,β-unsaturated/α-hetero) is 1. The Bertz CT molecular complexity index is 462. The van der Waals surface area contributed by atoms with Gasteiger partial charge >= 0.3 is 0 Å². The van der Waals surface area contributed by atoms with Crippen LogP contribution in [-0.4, -0.2) is 39.5 Å². The van der Waals surface area contributed by atoms with Gasteiger partial charge in [0.25, 0.3) is 0 Å². The van der Waals surface area contributed by atoms with E-state index in [2.05, 4.69) is 18.7 Å². The molecule has 0 radical (unpaired) electrons. The van der Waals surface area contributed by atoms with Crippen LogP contribution in [-0.2, 0) is 0 Å². The molecule has 0 spiro atoms. The van der Waals surface area contributed by atoms with Gasteiger partial charge in [-0.3, -0.25) is 9.69 Å². The van der Waals surface area contributed by atoms with Crippen molar-refractivity contribution in [2.24, 2.45) is 0 Å². The molecule has 1 fully saturated rings. The van der Waals surface area contributed by atoms with Crippen LogP contribution in [0, 0.1) is 0 Å². The van der Waals surface area contributed by atoms with Gasteiger partial charge in [0.15, 0.2) is 17.3 Å². The van der Waals surface area contributed by atoms with E-state index in [-0.39, 0.29) is 17.3 Å². The number of phenols is 2. The highest BCUT2D eigenvalue weighted by Crippen LogP contribution is 2.26. The SMILES string of the molecule is CC1CCCC(C)N1CC(=O)c1ccc(O)c(O)c1. The maximum absolute atomic E-state index is 12.2. The molecular formula is C15H21NO3. The molecule has 0 bridgehead atoms. The molecule has 1 saturated heterocycles. The lowest BCUT2D eigenvalue weighted by molar-refractivity contribution is 0.0734.